The van der Waals surface area contributed by atoms with E-state index in [1.807, 2.05) is 12.1 Å². The smallest absolute Gasteiger partial charge is 0.164 e. The van der Waals surface area contributed by atoms with Gasteiger partial charge in [-0.25, -0.2) is 24.9 Å². The Morgan fingerprint density at radius 1 is 0.164 bits per heavy atom. The molecule has 0 amide bonds. The number of hydrogen-bond acceptors (Lipinski definition) is 7. The summed E-state index contributed by atoms with van der Waals surface area (Å²) in [6.45, 7) is 0. The largest absolute Gasteiger partial charge is 0.455 e. The highest BCUT2D eigenvalue weighted by molar-refractivity contribution is 6.04. The van der Waals surface area contributed by atoms with Crippen LogP contribution in [0.1, 0.15) is 44.5 Å². The molecule has 0 fully saturated rings. The lowest BCUT2D eigenvalue weighted by Gasteiger charge is -2.40. The summed E-state index contributed by atoms with van der Waals surface area (Å²) in [5, 5.41) is 8.65. The Morgan fingerprint density at radius 3 is 0.879 bits per heavy atom. The van der Waals surface area contributed by atoms with Gasteiger partial charge in [-0.15, -0.1) is 0 Å². The van der Waals surface area contributed by atoms with Crippen LogP contribution in [0.2, 0.25) is 0 Å². The second kappa shape index (κ2) is 25.6. The van der Waals surface area contributed by atoms with E-state index in [0.717, 1.165) is 183 Å². The average Bonchev–Trinajstić information content (AvgIpc) is 1.47. The summed E-state index contributed by atoms with van der Waals surface area (Å²) in [6.07, 6.45) is 0. The van der Waals surface area contributed by atoms with Crippen molar-refractivity contribution >= 4 is 43.1 Å². The first-order valence-electron chi connectivity index (χ1n) is 39.6. The third-order valence-electron chi connectivity index (χ3n) is 24.7. The second-order valence-electron chi connectivity index (χ2n) is 30.8. The lowest BCUT2D eigenvalue weighted by Crippen LogP contribution is -2.32. The molecule has 0 N–H and O–H groups in total. The molecule has 0 saturated carbocycles. The number of aromatic nitrogens is 5. The summed E-state index contributed by atoms with van der Waals surface area (Å²) in [7, 11) is 0. The van der Waals surface area contributed by atoms with Gasteiger partial charge in [0.2, 0.25) is 0 Å². The molecule has 1 atom stereocenters. The summed E-state index contributed by atoms with van der Waals surface area (Å²) in [4.78, 5) is 27.1. The van der Waals surface area contributed by atoms with Gasteiger partial charge in [0, 0.05) is 77.2 Å². The maximum atomic E-state index is 7.63. The third kappa shape index (κ3) is 9.88. The van der Waals surface area contributed by atoms with Gasteiger partial charge in [-0.05, 0) is 124 Å². The van der Waals surface area contributed by atoms with Gasteiger partial charge in [-0.1, -0.05) is 370 Å². The highest BCUT2D eigenvalue weighted by Gasteiger charge is 2.54. The molecule has 538 valence electrons. The molecule has 2 aliphatic carbocycles. The van der Waals surface area contributed by atoms with Gasteiger partial charge in [-0.3, -0.25) is 0 Å². The quantitative estimate of drug-likeness (QED) is 0.142. The monoisotopic (exact) mass is 1480 g/mol. The molecule has 4 aliphatic rings. The van der Waals surface area contributed by atoms with Crippen LogP contribution in [0.4, 0.5) is 0 Å². The van der Waals surface area contributed by atoms with Crippen LogP contribution in [0.5, 0.6) is 23.0 Å². The Bertz CT molecular complexity index is 7410. The summed E-state index contributed by atoms with van der Waals surface area (Å²) in [6, 6.07) is 142. The molecule has 2 aromatic heterocycles. The molecule has 2 aliphatic heterocycles. The fraction of sp³-hybridized carbons (Fsp3) is 0.0183. The topological polar surface area (TPSA) is 82.9 Å². The van der Waals surface area contributed by atoms with Gasteiger partial charge in [0.15, 0.2) is 23.3 Å². The first-order valence-corrected chi connectivity index (χ1v) is 39.6. The van der Waals surface area contributed by atoms with Crippen molar-refractivity contribution in [2.24, 2.45) is 0 Å². The Hall–Kier alpha value is -15.3. The number of rotatable bonds is 9. The molecule has 2 spiro atoms. The molecule has 7 heteroatoms. The third-order valence-corrected chi connectivity index (χ3v) is 24.7. The average molecular weight is 1480 g/mol. The normalized spacial score (nSPS) is 14.1. The van der Waals surface area contributed by atoms with Gasteiger partial charge < -0.3 is 9.47 Å². The van der Waals surface area contributed by atoms with Crippen LogP contribution < -0.4 is 9.47 Å². The molecule has 4 heterocycles. The maximum Gasteiger partial charge on any atom is 0.164 e. The Kier molecular flexibility index (Phi) is 14.4. The fourth-order valence-corrected chi connectivity index (χ4v) is 19.3. The molecule has 0 saturated heterocycles. The minimum absolute atomic E-state index is 0.566. The van der Waals surface area contributed by atoms with Gasteiger partial charge >= 0.3 is 0 Å². The van der Waals surface area contributed by atoms with Crippen LogP contribution in [-0.4, -0.2) is 24.9 Å². The SMILES string of the molecule is c1ccc(-c2ccc(-c3cc(-c4ccccc4)nc(-c4ccc5c(c4)-c4ccccc4C54c5ccc6ccccc6c5Oc5c4ccc4ccc(-c6ccc(-c7nc(-c8ccc(-c9ccccc9)cc8)nc(-c8ccc9c(c8)-c8ccccc8C98c9ccc%10ccccc%10c9Oc9c8ccc8ccccc98)n7)cc6)cc54)n3)cc2)cc1. The van der Waals surface area contributed by atoms with E-state index >= 15 is 0 Å². The van der Waals surface area contributed by atoms with Crippen molar-refractivity contribution in [2.75, 3.05) is 0 Å². The highest BCUT2D eigenvalue weighted by Crippen LogP contribution is 2.67. The predicted molar refractivity (Wildman–Crippen MR) is 469 cm³/mol. The van der Waals surface area contributed by atoms with Crippen molar-refractivity contribution < 1.29 is 9.47 Å². The van der Waals surface area contributed by atoms with Crippen LogP contribution in [0.3, 0.4) is 0 Å². The minimum atomic E-state index is -0.783. The summed E-state index contributed by atoms with van der Waals surface area (Å²) in [5.74, 6) is 5.81. The summed E-state index contributed by atoms with van der Waals surface area (Å²) in [5.41, 5.74) is 26.1. The van der Waals surface area contributed by atoms with Gasteiger partial charge in [0.25, 0.3) is 0 Å². The van der Waals surface area contributed by atoms with Crippen molar-refractivity contribution in [1.82, 2.24) is 24.9 Å². The molecule has 0 radical (unpaired) electrons. The number of hydrogen-bond donors (Lipinski definition) is 0. The van der Waals surface area contributed by atoms with E-state index < -0.39 is 10.8 Å². The highest BCUT2D eigenvalue weighted by atomic mass is 16.5. The number of nitrogens with zero attached hydrogens (tertiary/aromatic N) is 5. The molecule has 24 rings (SSSR count). The number of benzene rings is 18. The minimum Gasteiger partial charge on any atom is -0.455 e. The van der Waals surface area contributed by atoms with Gasteiger partial charge in [0.1, 0.15) is 23.0 Å². The lowest BCUT2D eigenvalue weighted by molar-refractivity contribution is 0.447. The van der Waals surface area contributed by atoms with Crippen LogP contribution >= 0.6 is 0 Å². The zero-order chi connectivity index (χ0) is 76.2. The van der Waals surface area contributed by atoms with E-state index in [-0.39, 0.29) is 0 Å². The van der Waals surface area contributed by atoms with E-state index in [9.17, 15) is 0 Å². The molecule has 1 unspecified atom stereocenters. The van der Waals surface area contributed by atoms with Crippen LogP contribution in [0, 0.1) is 0 Å². The van der Waals surface area contributed by atoms with Crippen molar-refractivity contribution in [3.63, 3.8) is 0 Å². The van der Waals surface area contributed by atoms with Gasteiger partial charge in [0.05, 0.1) is 22.2 Å². The van der Waals surface area contributed by atoms with Crippen molar-refractivity contribution in [3.8, 4) is 147 Å². The first-order chi connectivity index (χ1) is 57.4. The zero-order valence-electron chi connectivity index (χ0n) is 62.6. The van der Waals surface area contributed by atoms with Crippen LogP contribution in [-0.2, 0) is 10.8 Å². The summed E-state index contributed by atoms with van der Waals surface area (Å²) >= 11 is 0. The Morgan fingerprint density at radius 2 is 0.440 bits per heavy atom. The lowest BCUT2D eigenvalue weighted by atomic mass is 9.65. The van der Waals surface area contributed by atoms with Crippen molar-refractivity contribution in [3.05, 3.63) is 439 Å². The number of ether oxygens (including phenoxy) is 2. The number of fused-ring (bicyclic) bond motifs is 26. The molecule has 18 aromatic carbocycles. The molecule has 0 bridgehead atoms. The molecular weight excluding hydrogens is 1410 g/mol. The molecule has 20 aromatic rings. The second-order valence-corrected chi connectivity index (χ2v) is 30.8. The summed E-state index contributed by atoms with van der Waals surface area (Å²) < 4.78 is 14.9. The van der Waals surface area contributed by atoms with E-state index in [2.05, 4.69) is 382 Å². The Balaban J connectivity index is 0.632. The first kappa shape index (κ1) is 65.4. The van der Waals surface area contributed by atoms with E-state index in [1.165, 1.54) is 27.8 Å². The standard InChI is InChI=1S/C109H65N5O2/c1-4-20-66(21-5-1)68-36-43-76(44-37-68)99-65-98(75-27-8-3-9-28-75)110-106(111-99)80-54-56-93-88(63-80)85-32-17-19-35-91(85)109(93)96-60-52-73-26-12-15-31-84(73)102(96)116-103-87-62-79(49-42-74(87)53-61-97(103)109)70-40-47-78(48-41-70)105-112-104(77-45-38-69(39-46-77)67-22-6-2-7-23-67)113-107(114-105)81-55-57-92-89(64-81)86-33-16-18-34-90(86)108(92)94-58-50-71-24-10-13-29-82(71)100(94)115-101-83-30-14-11-25-72(83)51-59-95(101)108/h1-65H. The van der Waals surface area contributed by atoms with E-state index in [1.54, 1.807) is 0 Å². The van der Waals surface area contributed by atoms with E-state index in [4.69, 9.17) is 34.4 Å². The van der Waals surface area contributed by atoms with Crippen molar-refractivity contribution in [1.29, 1.82) is 0 Å². The zero-order valence-corrected chi connectivity index (χ0v) is 62.6. The molecular formula is C109H65N5O2. The predicted octanol–water partition coefficient (Wildman–Crippen LogP) is 27.2. The Labute approximate surface area is 669 Å². The fourth-order valence-electron chi connectivity index (χ4n) is 19.3. The van der Waals surface area contributed by atoms with Crippen LogP contribution in [0.15, 0.2) is 394 Å². The maximum absolute atomic E-state index is 7.63. The molecule has 116 heavy (non-hydrogen) atoms. The molecule has 7 nitrogen and oxygen atoms in total. The van der Waals surface area contributed by atoms with E-state index in [0.29, 0.717) is 23.3 Å². The van der Waals surface area contributed by atoms with Crippen molar-refractivity contribution in [2.45, 2.75) is 10.8 Å². The van der Waals surface area contributed by atoms with Gasteiger partial charge in [-0.2, -0.15) is 0 Å². The van der Waals surface area contributed by atoms with Crippen LogP contribution in [0.25, 0.3) is 167 Å².